The minimum atomic E-state index is -0.165. The molecule has 0 radical (unpaired) electrons. The van der Waals surface area contributed by atoms with Crippen molar-refractivity contribution in [3.8, 4) is 5.75 Å². The summed E-state index contributed by atoms with van der Waals surface area (Å²) in [5, 5.41) is 3.39. The van der Waals surface area contributed by atoms with Gasteiger partial charge < -0.3 is 10.1 Å². The number of nitrogens with one attached hydrogen (secondary N) is 1. The average Bonchev–Trinajstić information content (AvgIpc) is 2.39. The number of benzene rings is 1. The molecule has 1 aromatic rings. The maximum Gasteiger partial charge on any atom is 0.126 e. The second kappa shape index (κ2) is 8.25. The van der Waals surface area contributed by atoms with Gasteiger partial charge in [0.25, 0.3) is 0 Å². The van der Waals surface area contributed by atoms with Crippen molar-refractivity contribution >= 4 is 0 Å². The van der Waals surface area contributed by atoms with Crippen molar-refractivity contribution in [2.45, 2.75) is 53.5 Å². The van der Waals surface area contributed by atoms with Crippen LogP contribution in [0, 0.1) is 18.7 Å². The van der Waals surface area contributed by atoms with Gasteiger partial charge in [0, 0.05) is 11.6 Å². The number of aryl methyl sites for hydroxylation is 1. The lowest BCUT2D eigenvalue weighted by Gasteiger charge is -2.19. The highest BCUT2D eigenvalue weighted by Gasteiger charge is 2.14. The largest absolute Gasteiger partial charge is 0.493 e. The van der Waals surface area contributed by atoms with Crippen molar-refractivity contribution in [3.63, 3.8) is 0 Å². The van der Waals surface area contributed by atoms with Gasteiger partial charge in [-0.15, -0.1) is 0 Å². The zero-order chi connectivity index (χ0) is 15.1. The first-order valence-electron chi connectivity index (χ1n) is 7.61. The first-order valence-corrected chi connectivity index (χ1v) is 7.61. The molecule has 0 aromatic heterocycles. The zero-order valence-corrected chi connectivity index (χ0v) is 13.4. The molecule has 0 aliphatic rings. The summed E-state index contributed by atoms with van der Waals surface area (Å²) >= 11 is 0. The van der Waals surface area contributed by atoms with E-state index in [4.69, 9.17) is 4.74 Å². The Morgan fingerprint density at radius 2 is 1.95 bits per heavy atom. The summed E-state index contributed by atoms with van der Waals surface area (Å²) in [4.78, 5) is 0. The fourth-order valence-electron chi connectivity index (χ4n) is 2.01. The zero-order valence-electron chi connectivity index (χ0n) is 13.4. The highest BCUT2D eigenvalue weighted by molar-refractivity contribution is 5.40. The molecule has 3 heteroatoms. The molecule has 1 atom stereocenters. The number of hydrogen-bond donors (Lipinski definition) is 1. The average molecular weight is 281 g/mol. The molecular formula is C17H28FNO. The van der Waals surface area contributed by atoms with Crippen LogP contribution in [0.2, 0.25) is 0 Å². The molecule has 0 amide bonds. The molecule has 2 nitrogen and oxygen atoms in total. The molecule has 0 aliphatic heterocycles. The molecule has 0 saturated heterocycles. The van der Waals surface area contributed by atoms with E-state index in [1.807, 2.05) is 6.07 Å². The third-order valence-electron chi connectivity index (χ3n) is 3.41. The van der Waals surface area contributed by atoms with Crippen LogP contribution in [0.5, 0.6) is 5.75 Å². The third kappa shape index (κ3) is 5.12. The normalized spacial score (nSPS) is 12.8. The van der Waals surface area contributed by atoms with Gasteiger partial charge in [-0.2, -0.15) is 0 Å². The monoisotopic (exact) mass is 281 g/mol. The van der Waals surface area contributed by atoms with Crippen LogP contribution >= 0.6 is 0 Å². The van der Waals surface area contributed by atoms with Gasteiger partial charge in [-0.05, 0) is 56.8 Å². The van der Waals surface area contributed by atoms with E-state index in [0.717, 1.165) is 30.7 Å². The molecule has 114 valence electrons. The smallest absolute Gasteiger partial charge is 0.126 e. The summed E-state index contributed by atoms with van der Waals surface area (Å²) in [7, 11) is 0. The van der Waals surface area contributed by atoms with Gasteiger partial charge in [0.2, 0.25) is 0 Å². The first-order chi connectivity index (χ1) is 9.45. The Hall–Kier alpha value is -1.09. The predicted octanol–water partition coefficient (Wildman–Crippen LogP) is 4.62. The van der Waals surface area contributed by atoms with E-state index in [1.165, 1.54) is 0 Å². The fraction of sp³-hybridized carbons (Fsp3) is 0.647. The van der Waals surface area contributed by atoms with Gasteiger partial charge in [-0.25, -0.2) is 4.39 Å². The lowest BCUT2D eigenvalue weighted by Crippen LogP contribution is -2.20. The van der Waals surface area contributed by atoms with Crippen LogP contribution in [0.25, 0.3) is 0 Å². The quantitative estimate of drug-likeness (QED) is 0.750. The van der Waals surface area contributed by atoms with Crippen molar-refractivity contribution in [3.05, 3.63) is 29.1 Å². The van der Waals surface area contributed by atoms with E-state index in [2.05, 4.69) is 33.0 Å². The number of ether oxygens (including phenoxy) is 1. The summed E-state index contributed by atoms with van der Waals surface area (Å²) in [6.07, 6.45) is 2.06. The van der Waals surface area contributed by atoms with Gasteiger partial charge >= 0.3 is 0 Å². The molecule has 0 saturated carbocycles. The molecule has 0 bridgehead atoms. The van der Waals surface area contributed by atoms with Gasteiger partial charge in [-0.1, -0.05) is 20.8 Å². The van der Waals surface area contributed by atoms with Crippen LogP contribution in [0.15, 0.2) is 12.1 Å². The van der Waals surface area contributed by atoms with Gasteiger partial charge in [0.15, 0.2) is 0 Å². The van der Waals surface area contributed by atoms with E-state index in [0.29, 0.717) is 18.1 Å². The summed E-state index contributed by atoms with van der Waals surface area (Å²) in [5.74, 6) is 1.25. The lowest BCUT2D eigenvalue weighted by atomic mass is 10.0. The minimum absolute atomic E-state index is 0.0964. The SMILES string of the molecule is CCCNC(C)c1cc(F)c(C)cc1OCCC(C)C. The van der Waals surface area contributed by atoms with E-state index < -0.39 is 0 Å². The van der Waals surface area contributed by atoms with Crippen LogP contribution in [0.4, 0.5) is 4.39 Å². The summed E-state index contributed by atoms with van der Waals surface area (Å²) in [5.41, 5.74) is 1.54. The van der Waals surface area contributed by atoms with Crippen molar-refractivity contribution in [1.29, 1.82) is 0 Å². The van der Waals surface area contributed by atoms with E-state index in [1.54, 1.807) is 13.0 Å². The first kappa shape index (κ1) is 17.0. The van der Waals surface area contributed by atoms with Gasteiger partial charge in [0.1, 0.15) is 11.6 Å². The second-order valence-corrected chi connectivity index (χ2v) is 5.85. The number of rotatable bonds is 8. The molecule has 1 aromatic carbocycles. The van der Waals surface area contributed by atoms with Gasteiger partial charge in [0.05, 0.1) is 6.61 Å². The fourth-order valence-corrected chi connectivity index (χ4v) is 2.01. The minimum Gasteiger partial charge on any atom is -0.493 e. The molecule has 0 fully saturated rings. The summed E-state index contributed by atoms with van der Waals surface area (Å²) < 4.78 is 19.7. The third-order valence-corrected chi connectivity index (χ3v) is 3.41. The van der Waals surface area contributed by atoms with Crippen LogP contribution in [0.3, 0.4) is 0 Å². The van der Waals surface area contributed by atoms with Crippen molar-refractivity contribution in [2.24, 2.45) is 5.92 Å². The maximum atomic E-state index is 13.8. The second-order valence-electron chi connectivity index (χ2n) is 5.85. The standard InChI is InChI=1S/C17H28FNO/c1-6-8-19-14(5)15-11-16(18)13(4)10-17(15)20-9-7-12(2)3/h10-12,14,19H,6-9H2,1-5H3. The predicted molar refractivity (Wildman–Crippen MR) is 82.8 cm³/mol. The molecular weight excluding hydrogens is 253 g/mol. The number of halogens is 1. The molecule has 20 heavy (non-hydrogen) atoms. The topological polar surface area (TPSA) is 21.3 Å². The maximum absolute atomic E-state index is 13.8. The summed E-state index contributed by atoms with van der Waals surface area (Å²) in [6, 6.07) is 3.52. The van der Waals surface area contributed by atoms with Crippen LogP contribution in [-0.2, 0) is 0 Å². The molecule has 1 unspecified atom stereocenters. The van der Waals surface area contributed by atoms with Gasteiger partial charge in [-0.3, -0.25) is 0 Å². The Bertz CT molecular complexity index is 418. The van der Waals surface area contributed by atoms with E-state index in [9.17, 15) is 4.39 Å². The Balaban J connectivity index is 2.86. The molecule has 1 N–H and O–H groups in total. The summed E-state index contributed by atoms with van der Waals surface area (Å²) in [6.45, 7) is 11.9. The van der Waals surface area contributed by atoms with Crippen molar-refractivity contribution < 1.29 is 9.13 Å². The van der Waals surface area contributed by atoms with Crippen LogP contribution < -0.4 is 10.1 Å². The molecule has 1 rings (SSSR count). The lowest BCUT2D eigenvalue weighted by molar-refractivity contribution is 0.283. The Morgan fingerprint density at radius 3 is 2.55 bits per heavy atom. The van der Waals surface area contributed by atoms with Crippen molar-refractivity contribution in [1.82, 2.24) is 5.32 Å². The molecule has 0 spiro atoms. The van der Waals surface area contributed by atoms with Crippen LogP contribution in [-0.4, -0.2) is 13.2 Å². The van der Waals surface area contributed by atoms with E-state index >= 15 is 0 Å². The highest BCUT2D eigenvalue weighted by Crippen LogP contribution is 2.28. The number of hydrogen-bond acceptors (Lipinski definition) is 2. The van der Waals surface area contributed by atoms with Crippen LogP contribution in [0.1, 0.15) is 57.7 Å². The Labute approximate surface area is 122 Å². The molecule has 0 heterocycles. The molecule has 0 aliphatic carbocycles. The Morgan fingerprint density at radius 1 is 1.25 bits per heavy atom. The highest BCUT2D eigenvalue weighted by atomic mass is 19.1. The Kier molecular flexibility index (Phi) is 7.00. The van der Waals surface area contributed by atoms with Crippen molar-refractivity contribution in [2.75, 3.05) is 13.2 Å². The van der Waals surface area contributed by atoms with E-state index in [-0.39, 0.29) is 11.9 Å².